The zero-order valence-electron chi connectivity index (χ0n) is 36.2. The number of hydrogen-bond acceptors (Lipinski definition) is 2. The summed E-state index contributed by atoms with van der Waals surface area (Å²) >= 11 is 0. The van der Waals surface area contributed by atoms with Crippen molar-refractivity contribution in [2.24, 2.45) is 23.7 Å². The number of carbonyl (C=O) groups is 2. The number of ketones is 2. The molecule has 0 spiro atoms. The molecule has 0 aromatic heterocycles. The molecule has 0 N–H and O–H groups in total. The molecule has 3 unspecified atom stereocenters. The maximum atomic E-state index is 13.0. The van der Waals surface area contributed by atoms with E-state index in [9.17, 15) is 9.59 Å². The molecule has 0 saturated carbocycles. The highest BCUT2D eigenvalue weighted by atomic mass is 16.1. The highest BCUT2D eigenvalue weighted by Crippen LogP contribution is 2.29. The van der Waals surface area contributed by atoms with Crippen molar-refractivity contribution in [2.45, 2.75) is 191 Å². The van der Waals surface area contributed by atoms with Crippen LogP contribution in [0.3, 0.4) is 0 Å². The van der Waals surface area contributed by atoms with Crippen LogP contribution >= 0.6 is 0 Å². The minimum Gasteiger partial charge on any atom is -0.289 e. The maximum absolute atomic E-state index is 13.0. The van der Waals surface area contributed by atoms with Gasteiger partial charge in [0.1, 0.15) is 0 Å². The summed E-state index contributed by atoms with van der Waals surface area (Å²) in [6.45, 7) is 22.9. The highest BCUT2D eigenvalue weighted by Gasteiger charge is 2.28. The predicted octanol–water partition coefficient (Wildman–Crippen LogP) is 16.1. The molecule has 0 heterocycles. The predicted molar refractivity (Wildman–Crippen MR) is 233 cm³/mol. The fourth-order valence-corrected chi connectivity index (χ4v) is 7.77. The standard InChI is InChI=1S/C51H80O2/c1-38(2)20-13-21-39(3)22-14-23-40(4)24-15-25-41(5)26-16-27-42(6)28-17-29-43(7)30-18-31-44(8)32-19-33-45(9)36-37-47-46(10)50(52)48-34-11-12-35-49(48)51(47)53/h11-12,22,24,26,34-36,38,42-44H,13-21,23,25,27-33,37H2,1-10H3. The Bertz CT molecular complexity index is 1410. The van der Waals surface area contributed by atoms with Gasteiger partial charge in [-0.15, -0.1) is 0 Å². The van der Waals surface area contributed by atoms with Crippen molar-refractivity contribution in [3.63, 3.8) is 0 Å². The largest absolute Gasteiger partial charge is 0.289 e. The summed E-state index contributed by atoms with van der Waals surface area (Å²) in [5.74, 6) is 3.22. The third-order valence-corrected chi connectivity index (χ3v) is 11.8. The Kier molecular flexibility index (Phi) is 22.9. The van der Waals surface area contributed by atoms with Gasteiger partial charge in [-0.2, -0.15) is 0 Å². The number of benzene rings is 1. The Morgan fingerprint density at radius 3 is 1.45 bits per heavy atom. The third kappa shape index (κ3) is 19.4. The third-order valence-electron chi connectivity index (χ3n) is 11.8. The monoisotopic (exact) mass is 725 g/mol. The van der Waals surface area contributed by atoms with Crippen LogP contribution in [0.1, 0.15) is 212 Å². The Labute approximate surface area is 328 Å². The molecule has 0 aliphatic heterocycles. The van der Waals surface area contributed by atoms with Gasteiger partial charge in [0.15, 0.2) is 11.6 Å². The van der Waals surface area contributed by atoms with Gasteiger partial charge in [-0.1, -0.05) is 157 Å². The first-order valence-corrected chi connectivity index (χ1v) is 21.8. The lowest BCUT2D eigenvalue weighted by atomic mass is 9.83. The average molecular weight is 725 g/mol. The molecule has 0 bridgehead atoms. The van der Waals surface area contributed by atoms with E-state index in [0.29, 0.717) is 28.7 Å². The first kappa shape index (κ1) is 46.4. The number of hydrogen-bond donors (Lipinski definition) is 0. The van der Waals surface area contributed by atoms with Gasteiger partial charge in [-0.25, -0.2) is 0 Å². The highest BCUT2D eigenvalue weighted by molar-refractivity contribution is 6.26. The molecule has 53 heavy (non-hydrogen) atoms. The van der Waals surface area contributed by atoms with Crippen molar-refractivity contribution in [2.75, 3.05) is 0 Å². The van der Waals surface area contributed by atoms with Gasteiger partial charge in [0, 0.05) is 22.3 Å². The molecule has 296 valence electrons. The van der Waals surface area contributed by atoms with Crippen LogP contribution in [-0.4, -0.2) is 11.6 Å². The normalized spacial score (nSPS) is 16.4. The Morgan fingerprint density at radius 2 is 0.925 bits per heavy atom. The van der Waals surface area contributed by atoms with E-state index in [2.05, 4.69) is 86.6 Å². The molecular weight excluding hydrogens is 645 g/mol. The SMILES string of the molecule is CC(=CCCC(C)=CCCC(C)CCCC(C)CCCC(C)CCCC(C)=CCC1=C(C)C(=O)c2ccccc2C1=O)CCC=C(C)CCCC(C)C. The van der Waals surface area contributed by atoms with E-state index in [-0.39, 0.29) is 11.6 Å². The summed E-state index contributed by atoms with van der Waals surface area (Å²) in [4.78, 5) is 25.8. The number of allylic oxidation sites excluding steroid dienone is 10. The zero-order valence-corrected chi connectivity index (χ0v) is 36.2. The van der Waals surface area contributed by atoms with Gasteiger partial charge in [-0.3, -0.25) is 9.59 Å². The number of fused-ring (bicyclic) bond motifs is 1. The summed E-state index contributed by atoms with van der Waals surface area (Å²) in [6, 6.07) is 7.21. The van der Waals surface area contributed by atoms with Crippen LogP contribution in [0, 0.1) is 23.7 Å². The van der Waals surface area contributed by atoms with Crippen LogP contribution < -0.4 is 0 Å². The lowest BCUT2D eigenvalue weighted by Crippen LogP contribution is -2.20. The molecule has 0 fully saturated rings. The van der Waals surface area contributed by atoms with Gasteiger partial charge in [0.25, 0.3) is 0 Å². The first-order chi connectivity index (χ1) is 25.3. The van der Waals surface area contributed by atoms with Crippen molar-refractivity contribution in [1.82, 2.24) is 0 Å². The Morgan fingerprint density at radius 1 is 0.509 bits per heavy atom. The number of carbonyl (C=O) groups excluding carboxylic acids is 2. The molecule has 1 aliphatic carbocycles. The van der Waals surface area contributed by atoms with Crippen LogP contribution in [-0.2, 0) is 0 Å². The van der Waals surface area contributed by atoms with E-state index in [1.807, 2.05) is 12.1 Å². The van der Waals surface area contributed by atoms with E-state index < -0.39 is 0 Å². The van der Waals surface area contributed by atoms with Crippen molar-refractivity contribution in [3.05, 3.63) is 93.1 Å². The van der Waals surface area contributed by atoms with Crippen LogP contribution in [0.2, 0.25) is 0 Å². The average Bonchev–Trinajstić information content (AvgIpc) is 3.10. The molecule has 2 rings (SSSR count). The second-order valence-corrected chi connectivity index (χ2v) is 17.7. The van der Waals surface area contributed by atoms with Crippen LogP contribution in [0.4, 0.5) is 0 Å². The molecular formula is C51H80O2. The zero-order chi connectivity index (χ0) is 39.2. The van der Waals surface area contributed by atoms with Gasteiger partial charge in [-0.05, 0) is 129 Å². The fraction of sp³-hybridized carbons (Fsp3) is 0.647. The Hall–Kier alpha value is -2.74. The quantitative estimate of drug-likeness (QED) is 0.0847. The summed E-state index contributed by atoms with van der Waals surface area (Å²) < 4.78 is 0. The van der Waals surface area contributed by atoms with Gasteiger partial charge in [0.2, 0.25) is 0 Å². The van der Waals surface area contributed by atoms with E-state index in [1.165, 1.54) is 115 Å². The minimum absolute atomic E-state index is 0.00530. The minimum atomic E-state index is -0.00530. The van der Waals surface area contributed by atoms with Crippen molar-refractivity contribution < 1.29 is 9.59 Å². The molecule has 2 nitrogen and oxygen atoms in total. The summed E-state index contributed by atoms with van der Waals surface area (Å²) in [5, 5.41) is 0. The van der Waals surface area contributed by atoms with Gasteiger partial charge in [0.05, 0.1) is 0 Å². The van der Waals surface area contributed by atoms with Gasteiger partial charge < -0.3 is 0 Å². The van der Waals surface area contributed by atoms with E-state index in [1.54, 1.807) is 35.8 Å². The maximum Gasteiger partial charge on any atom is 0.190 e. The lowest BCUT2D eigenvalue weighted by molar-refractivity contribution is 0.0973. The smallest absolute Gasteiger partial charge is 0.190 e. The van der Waals surface area contributed by atoms with E-state index >= 15 is 0 Å². The molecule has 3 atom stereocenters. The number of rotatable bonds is 27. The van der Waals surface area contributed by atoms with Crippen LogP contribution in [0.25, 0.3) is 0 Å². The van der Waals surface area contributed by atoms with E-state index in [0.717, 1.165) is 30.1 Å². The topological polar surface area (TPSA) is 34.1 Å². The first-order valence-electron chi connectivity index (χ1n) is 21.8. The van der Waals surface area contributed by atoms with Crippen molar-refractivity contribution in [1.29, 1.82) is 0 Å². The van der Waals surface area contributed by atoms with Crippen LogP contribution in [0.5, 0.6) is 0 Å². The molecule has 1 aromatic rings. The van der Waals surface area contributed by atoms with Crippen LogP contribution in [0.15, 0.2) is 82.0 Å². The molecule has 1 aliphatic rings. The second kappa shape index (κ2) is 26.1. The second-order valence-electron chi connectivity index (χ2n) is 17.7. The molecule has 0 amide bonds. The van der Waals surface area contributed by atoms with Crippen molar-refractivity contribution >= 4 is 11.6 Å². The fourth-order valence-electron chi connectivity index (χ4n) is 7.77. The molecule has 2 heteroatoms. The summed E-state index contributed by atoms with van der Waals surface area (Å²) in [6.07, 6.45) is 33.0. The van der Waals surface area contributed by atoms with Crippen molar-refractivity contribution in [3.8, 4) is 0 Å². The Balaban J connectivity index is 1.52. The number of Topliss-reactive ketones (excluding diaryl/α,β-unsaturated/α-hetero) is 2. The summed E-state index contributed by atoms with van der Waals surface area (Å²) in [5.41, 5.74) is 8.36. The van der Waals surface area contributed by atoms with E-state index in [4.69, 9.17) is 0 Å². The molecule has 1 aromatic carbocycles. The lowest BCUT2D eigenvalue weighted by Gasteiger charge is -2.18. The molecule has 0 radical (unpaired) electrons. The van der Waals surface area contributed by atoms with Gasteiger partial charge >= 0.3 is 0 Å². The molecule has 0 saturated heterocycles. The summed E-state index contributed by atoms with van der Waals surface area (Å²) in [7, 11) is 0.